The van der Waals surface area contributed by atoms with Crippen LogP contribution < -0.4 is 4.90 Å². The van der Waals surface area contributed by atoms with E-state index in [1.165, 1.54) is 24.2 Å². The molecule has 19 heavy (non-hydrogen) atoms. The highest BCUT2D eigenvalue weighted by molar-refractivity contribution is 7.13. The van der Waals surface area contributed by atoms with Crippen molar-refractivity contribution in [2.24, 2.45) is 0 Å². The van der Waals surface area contributed by atoms with Gasteiger partial charge >= 0.3 is 5.97 Å². The largest absolute Gasteiger partial charge is 0.461 e. The molecule has 0 aliphatic carbocycles. The Bertz CT molecular complexity index is 371. The summed E-state index contributed by atoms with van der Waals surface area (Å²) in [4.78, 5) is 18.3. The number of aromatic nitrogens is 1. The average molecular weight is 284 g/mol. The number of rotatable bonds is 9. The van der Waals surface area contributed by atoms with Crippen molar-refractivity contribution in [1.82, 2.24) is 4.98 Å². The first-order chi connectivity index (χ1) is 9.22. The standard InChI is InChI=1S/C14H24N2O2S/c1-4-7-9-16(10-8-5-2)14-15-12(11-19-14)13(17)18-6-3/h11H,4-10H2,1-3H3. The lowest BCUT2D eigenvalue weighted by Gasteiger charge is -2.21. The van der Waals surface area contributed by atoms with Crippen LogP contribution in [0.2, 0.25) is 0 Å². The normalized spacial score (nSPS) is 10.5. The number of hydrogen-bond acceptors (Lipinski definition) is 5. The lowest BCUT2D eigenvalue weighted by Crippen LogP contribution is -2.25. The van der Waals surface area contributed by atoms with Crippen molar-refractivity contribution in [3.8, 4) is 0 Å². The number of unbranched alkanes of at least 4 members (excludes halogenated alkanes) is 2. The summed E-state index contributed by atoms with van der Waals surface area (Å²) < 4.78 is 4.97. The Balaban J connectivity index is 2.69. The SMILES string of the molecule is CCCCN(CCCC)c1nc(C(=O)OCC)cs1. The van der Waals surface area contributed by atoms with Gasteiger partial charge in [-0.05, 0) is 19.8 Å². The van der Waals surface area contributed by atoms with Gasteiger partial charge in [-0.3, -0.25) is 0 Å². The Morgan fingerprint density at radius 2 is 1.89 bits per heavy atom. The van der Waals surface area contributed by atoms with E-state index in [1.54, 1.807) is 12.3 Å². The molecule has 5 heteroatoms. The van der Waals surface area contributed by atoms with Gasteiger partial charge in [0.15, 0.2) is 10.8 Å². The fourth-order valence-corrected chi connectivity index (χ4v) is 2.56. The molecule has 0 saturated carbocycles. The molecule has 0 fully saturated rings. The highest BCUT2D eigenvalue weighted by Gasteiger charge is 2.15. The molecular weight excluding hydrogens is 260 g/mol. The fourth-order valence-electron chi connectivity index (χ4n) is 1.71. The maximum Gasteiger partial charge on any atom is 0.357 e. The van der Waals surface area contributed by atoms with Crippen LogP contribution in [0.4, 0.5) is 5.13 Å². The van der Waals surface area contributed by atoms with Crippen molar-refractivity contribution >= 4 is 22.4 Å². The molecule has 1 heterocycles. The van der Waals surface area contributed by atoms with Gasteiger partial charge in [-0.15, -0.1) is 11.3 Å². The van der Waals surface area contributed by atoms with Gasteiger partial charge < -0.3 is 9.64 Å². The molecule has 1 aromatic heterocycles. The third kappa shape index (κ3) is 5.19. The zero-order valence-electron chi connectivity index (χ0n) is 12.1. The number of carbonyl (C=O) groups is 1. The molecule has 0 saturated heterocycles. The van der Waals surface area contributed by atoms with Crippen LogP contribution in [0.3, 0.4) is 0 Å². The van der Waals surface area contributed by atoms with Crippen LogP contribution in [0, 0.1) is 0 Å². The Morgan fingerprint density at radius 3 is 2.42 bits per heavy atom. The van der Waals surface area contributed by atoms with E-state index in [0.717, 1.165) is 31.1 Å². The Labute approximate surface area is 119 Å². The zero-order chi connectivity index (χ0) is 14.1. The van der Waals surface area contributed by atoms with Crippen LogP contribution in [0.15, 0.2) is 5.38 Å². The number of esters is 1. The van der Waals surface area contributed by atoms with E-state index in [4.69, 9.17) is 4.74 Å². The van der Waals surface area contributed by atoms with Crippen molar-refractivity contribution < 1.29 is 9.53 Å². The number of nitrogens with zero attached hydrogens (tertiary/aromatic N) is 2. The summed E-state index contributed by atoms with van der Waals surface area (Å²) in [5.74, 6) is -0.323. The molecule has 1 rings (SSSR count). The lowest BCUT2D eigenvalue weighted by atomic mass is 10.3. The van der Waals surface area contributed by atoms with Crippen LogP contribution >= 0.6 is 11.3 Å². The van der Waals surface area contributed by atoms with Gasteiger partial charge in [0.1, 0.15) is 0 Å². The highest BCUT2D eigenvalue weighted by atomic mass is 32.1. The topological polar surface area (TPSA) is 42.4 Å². The number of hydrogen-bond donors (Lipinski definition) is 0. The van der Waals surface area contributed by atoms with E-state index in [2.05, 4.69) is 23.7 Å². The van der Waals surface area contributed by atoms with E-state index >= 15 is 0 Å². The molecule has 0 bridgehead atoms. The van der Waals surface area contributed by atoms with E-state index in [1.807, 2.05) is 0 Å². The zero-order valence-corrected chi connectivity index (χ0v) is 13.0. The van der Waals surface area contributed by atoms with Gasteiger partial charge in [-0.1, -0.05) is 26.7 Å². The molecule has 0 aromatic carbocycles. The molecule has 1 aromatic rings. The molecule has 4 nitrogen and oxygen atoms in total. The van der Waals surface area contributed by atoms with Crippen molar-refractivity contribution in [2.45, 2.75) is 46.5 Å². The molecule has 0 spiro atoms. The summed E-state index contributed by atoms with van der Waals surface area (Å²) in [6.45, 7) is 8.58. The second-order valence-electron chi connectivity index (χ2n) is 4.43. The molecule has 0 radical (unpaired) electrons. The Morgan fingerprint density at radius 1 is 1.26 bits per heavy atom. The van der Waals surface area contributed by atoms with Crippen molar-refractivity contribution in [3.05, 3.63) is 11.1 Å². The van der Waals surface area contributed by atoms with Gasteiger partial charge in [-0.25, -0.2) is 9.78 Å². The Hall–Kier alpha value is -1.10. The van der Waals surface area contributed by atoms with Crippen LogP contribution in [0.25, 0.3) is 0 Å². The van der Waals surface area contributed by atoms with Gasteiger partial charge in [0.25, 0.3) is 0 Å². The average Bonchev–Trinajstić information content (AvgIpc) is 2.89. The third-order valence-electron chi connectivity index (χ3n) is 2.81. The van der Waals surface area contributed by atoms with Crippen LogP contribution in [0.1, 0.15) is 56.9 Å². The van der Waals surface area contributed by atoms with Gasteiger partial charge in [0.05, 0.1) is 6.61 Å². The van der Waals surface area contributed by atoms with Gasteiger partial charge in [0.2, 0.25) is 0 Å². The van der Waals surface area contributed by atoms with Crippen LogP contribution in [-0.4, -0.2) is 30.6 Å². The van der Waals surface area contributed by atoms with E-state index in [9.17, 15) is 4.79 Å². The fraction of sp³-hybridized carbons (Fsp3) is 0.714. The maximum atomic E-state index is 11.6. The summed E-state index contributed by atoms with van der Waals surface area (Å²) in [5.41, 5.74) is 0.430. The quantitative estimate of drug-likeness (QED) is 0.648. The van der Waals surface area contributed by atoms with Crippen molar-refractivity contribution in [2.75, 3.05) is 24.6 Å². The molecule has 0 N–H and O–H groups in total. The Kier molecular flexibility index (Phi) is 7.48. The molecule has 0 unspecified atom stereocenters. The lowest BCUT2D eigenvalue weighted by molar-refractivity contribution is 0.0520. The predicted molar refractivity (Wildman–Crippen MR) is 80.1 cm³/mol. The van der Waals surface area contributed by atoms with E-state index in [-0.39, 0.29) is 5.97 Å². The minimum Gasteiger partial charge on any atom is -0.461 e. The van der Waals surface area contributed by atoms with Crippen LogP contribution in [-0.2, 0) is 4.74 Å². The second kappa shape index (κ2) is 8.91. The first-order valence-electron chi connectivity index (χ1n) is 7.10. The van der Waals surface area contributed by atoms with Crippen molar-refractivity contribution in [3.63, 3.8) is 0 Å². The summed E-state index contributed by atoms with van der Waals surface area (Å²) in [6.07, 6.45) is 4.63. The predicted octanol–water partition coefficient (Wildman–Crippen LogP) is 3.73. The summed E-state index contributed by atoms with van der Waals surface area (Å²) >= 11 is 1.53. The van der Waals surface area contributed by atoms with E-state index < -0.39 is 0 Å². The second-order valence-corrected chi connectivity index (χ2v) is 5.27. The molecule has 0 amide bonds. The molecule has 0 atom stereocenters. The van der Waals surface area contributed by atoms with Crippen molar-refractivity contribution in [1.29, 1.82) is 0 Å². The minimum atomic E-state index is -0.323. The van der Waals surface area contributed by atoms with Gasteiger partial charge in [-0.2, -0.15) is 0 Å². The number of anilines is 1. The summed E-state index contributed by atoms with van der Waals surface area (Å²) in [7, 11) is 0. The molecule has 0 aliphatic rings. The molecular formula is C14H24N2O2S. The first-order valence-corrected chi connectivity index (χ1v) is 7.98. The highest BCUT2D eigenvalue weighted by Crippen LogP contribution is 2.22. The monoisotopic (exact) mass is 284 g/mol. The molecule has 108 valence electrons. The third-order valence-corrected chi connectivity index (χ3v) is 3.71. The number of carbonyl (C=O) groups excluding carboxylic acids is 1. The van der Waals surface area contributed by atoms with Crippen LogP contribution in [0.5, 0.6) is 0 Å². The summed E-state index contributed by atoms with van der Waals surface area (Å²) in [5, 5.41) is 2.73. The number of ether oxygens (including phenoxy) is 1. The molecule has 0 aliphatic heterocycles. The van der Waals surface area contributed by atoms with Gasteiger partial charge in [0, 0.05) is 18.5 Å². The van der Waals surface area contributed by atoms with E-state index in [0.29, 0.717) is 12.3 Å². The maximum absolute atomic E-state index is 11.6. The minimum absolute atomic E-state index is 0.323. The smallest absolute Gasteiger partial charge is 0.357 e. The first kappa shape index (κ1) is 16.0. The number of thiazole rings is 1. The summed E-state index contributed by atoms with van der Waals surface area (Å²) in [6, 6.07) is 0.